The molecule has 0 spiro atoms. The summed E-state index contributed by atoms with van der Waals surface area (Å²) in [5.74, 6) is 1.09. The lowest BCUT2D eigenvalue weighted by Gasteiger charge is -2.24. The summed E-state index contributed by atoms with van der Waals surface area (Å²) >= 11 is 1.81. The zero-order valence-electron chi connectivity index (χ0n) is 13.6. The van der Waals surface area contributed by atoms with Gasteiger partial charge in [0.05, 0.1) is 12.2 Å². The average Bonchev–Trinajstić information content (AvgIpc) is 2.77. The van der Waals surface area contributed by atoms with E-state index in [4.69, 9.17) is 0 Å². The Labute approximate surface area is 142 Å². The molecule has 0 bridgehead atoms. The van der Waals surface area contributed by atoms with Crippen LogP contribution in [-0.4, -0.2) is 52.2 Å². The second-order valence-corrected chi connectivity index (χ2v) is 7.19. The van der Waals surface area contributed by atoms with Crippen molar-refractivity contribution in [3.8, 4) is 0 Å². The van der Waals surface area contributed by atoms with Gasteiger partial charge in [-0.05, 0) is 55.7 Å². The maximum atomic E-state index is 12.3. The van der Waals surface area contributed by atoms with Crippen LogP contribution in [0.3, 0.4) is 0 Å². The summed E-state index contributed by atoms with van der Waals surface area (Å²) in [5, 5.41) is 22.3. The number of anilines is 1. The first kappa shape index (κ1) is 18.1. The Morgan fingerprint density at radius 1 is 1.30 bits per heavy atom. The molecule has 128 valence electrons. The van der Waals surface area contributed by atoms with Crippen LogP contribution in [0.1, 0.15) is 32.6 Å². The first-order valence-electron chi connectivity index (χ1n) is 8.18. The predicted octanol–water partition coefficient (Wildman–Crippen LogP) is 2.93. The van der Waals surface area contributed by atoms with E-state index in [1.165, 1.54) is 4.90 Å². The number of hydrogen-bond acceptors (Lipinski definition) is 4. The van der Waals surface area contributed by atoms with Crippen molar-refractivity contribution in [1.29, 1.82) is 0 Å². The SMILES string of the molecule is CCCSc1ccc(NC(=O)N2CCC[C@@](O)(CO)CC2)cc1. The van der Waals surface area contributed by atoms with Gasteiger partial charge in [-0.15, -0.1) is 11.8 Å². The van der Waals surface area contributed by atoms with E-state index in [0.717, 1.165) is 17.9 Å². The lowest BCUT2D eigenvalue weighted by molar-refractivity contribution is -0.0247. The van der Waals surface area contributed by atoms with Crippen molar-refractivity contribution in [3.05, 3.63) is 24.3 Å². The highest BCUT2D eigenvalue weighted by Crippen LogP contribution is 2.23. The lowest BCUT2D eigenvalue weighted by atomic mass is 9.96. The Hall–Kier alpha value is -1.24. The van der Waals surface area contributed by atoms with E-state index in [1.54, 1.807) is 16.7 Å². The maximum absolute atomic E-state index is 12.3. The molecule has 1 atom stereocenters. The number of aliphatic hydroxyl groups is 2. The van der Waals surface area contributed by atoms with Crippen molar-refractivity contribution >= 4 is 23.5 Å². The van der Waals surface area contributed by atoms with Gasteiger partial charge in [0.1, 0.15) is 0 Å². The van der Waals surface area contributed by atoms with E-state index in [2.05, 4.69) is 12.2 Å². The summed E-state index contributed by atoms with van der Waals surface area (Å²) in [7, 11) is 0. The second kappa shape index (κ2) is 8.57. The molecule has 5 nitrogen and oxygen atoms in total. The summed E-state index contributed by atoms with van der Waals surface area (Å²) in [4.78, 5) is 15.2. The summed E-state index contributed by atoms with van der Waals surface area (Å²) in [6.07, 6.45) is 2.76. The molecule has 0 radical (unpaired) electrons. The number of benzene rings is 1. The third kappa shape index (κ3) is 5.41. The molecule has 1 aromatic carbocycles. The number of thioether (sulfide) groups is 1. The van der Waals surface area contributed by atoms with Crippen LogP contribution in [-0.2, 0) is 0 Å². The minimum atomic E-state index is -1.05. The van der Waals surface area contributed by atoms with Crippen LogP contribution in [0.15, 0.2) is 29.2 Å². The molecule has 1 aliphatic heterocycles. The van der Waals surface area contributed by atoms with Crippen LogP contribution in [0, 0.1) is 0 Å². The van der Waals surface area contributed by atoms with Gasteiger partial charge in [0, 0.05) is 23.7 Å². The lowest BCUT2D eigenvalue weighted by Crippen LogP contribution is -2.38. The van der Waals surface area contributed by atoms with Gasteiger partial charge in [0.25, 0.3) is 0 Å². The molecule has 2 amide bonds. The summed E-state index contributed by atoms with van der Waals surface area (Å²) < 4.78 is 0. The molecule has 23 heavy (non-hydrogen) atoms. The number of amides is 2. The van der Waals surface area contributed by atoms with E-state index in [9.17, 15) is 15.0 Å². The topological polar surface area (TPSA) is 72.8 Å². The molecular weight excluding hydrogens is 312 g/mol. The number of carbonyl (C=O) groups is 1. The standard InChI is InChI=1S/C17H26N2O3S/c1-2-12-23-15-6-4-14(5-7-15)18-16(21)19-10-3-8-17(22,13-20)9-11-19/h4-7,20,22H,2-3,8-13H2,1H3,(H,18,21)/t17-/m0/s1. The van der Waals surface area contributed by atoms with Crippen molar-refractivity contribution in [3.63, 3.8) is 0 Å². The summed E-state index contributed by atoms with van der Waals surface area (Å²) in [6.45, 7) is 2.95. The van der Waals surface area contributed by atoms with Crippen molar-refractivity contribution in [1.82, 2.24) is 4.90 Å². The van der Waals surface area contributed by atoms with Crippen LogP contribution in [0.4, 0.5) is 10.5 Å². The summed E-state index contributed by atoms with van der Waals surface area (Å²) in [5.41, 5.74) is -0.273. The largest absolute Gasteiger partial charge is 0.393 e. The first-order valence-corrected chi connectivity index (χ1v) is 9.17. The molecule has 0 aliphatic carbocycles. The van der Waals surface area contributed by atoms with Crippen LogP contribution in [0.25, 0.3) is 0 Å². The highest BCUT2D eigenvalue weighted by atomic mass is 32.2. The fraction of sp³-hybridized carbons (Fsp3) is 0.588. The van der Waals surface area contributed by atoms with Gasteiger partial charge in [-0.2, -0.15) is 0 Å². The van der Waals surface area contributed by atoms with Gasteiger partial charge in [-0.3, -0.25) is 0 Å². The number of aliphatic hydroxyl groups excluding tert-OH is 1. The third-order valence-corrected chi connectivity index (χ3v) is 5.30. The molecule has 1 fully saturated rings. The Balaban J connectivity index is 1.88. The molecule has 3 N–H and O–H groups in total. The number of carbonyl (C=O) groups excluding carboxylic acids is 1. The van der Waals surface area contributed by atoms with Crippen molar-refractivity contribution < 1.29 is 15.0 Å². The molecule has 6 heteroatoms. The van der Waals surface area contributed by atoms with Crippen LogP contribution in [0.2, 0.25) is 0 Å². The van der Waals surface area contributed by atoms with Gasteiger partial charge < -0.3 is 20.4 Å². The molecule has 2 rings (SSSR count). The number of rotatable bonds is 5. The monoisotopic (exact) mass is 338 g/mol. The molecule has 1 saturated heterocycles. The van der Waals surface area contributed by atoms with E-state index in [0.29, 0.717) is 32.4 Å². The molecular formula is C17H26N2O3S. The van der Waals surface area contributed by atoms with Crippen LogP contribution in [0.5, 0.6) is 0 Å². The highest BCUT2D eigenvalue weighted by Gasteiger charge is 2.30. The molecule has 0 saturated carbocycles. The minimum Gasteiger partial charge on any atom is -0.393 e. The Bertz CT molecular complexity index is 509. The maximum Gasteiger partial charge on any atom is 0.321 e. The van der Waals surface area contributed by atoms with Crippen LogP contribution >= 0.6 is 11.8 Å². The molecule has 1 heterocycles. The Morgan fingerprint density at radius 3 is 2.70 bits per heavy atom. The first-order chi connectivity index (χ1) is 11.1. The van der Waals surface area contributed by atoms with E-state index in [-0.39, 0.29) is 12.6 Å². The molecule has 1 aliphatic rings. The third-order valence-electron chi connectivity index (χ3n) is 4.08. The minimum absolute atomic E-state index is 0.152. The average molecular weight is 338 g/mol. The van der Waals surface area contributed by atoms with Gasteiger partial charge in [0.2, 0.25) is 0 Å². The van der Waals surface area contributed by atoms with E-state index in [1.807, 2.05) is 24.3 Å². The van der Waals surface area contributed by atoms with Crippen molar-refractivity contribution in [2.75, 3.05) is 30.8 Å². The zero-order chi connectivity index (χ0) is 16.7. The number of urea groups is 1. The highest BCUT2D eigenvalue weighted by molar-refractivity contribution is 7.99. The number of likely N-dealkylation sites (tertiary alicyclic amines) is 1. The fourth-order valence-electron chi connectivity index (χ4n) is 2.60. The Morgan fingerprint density at radius 2 is 2.04 bits per heavy atom. The molecule has 0 unspecified atom stereocenters. The van der Waals surface area contributed by atoms with Crippen molar-refractivity contribution in [2.24, 2.45) is 0 Å². The number of nitrogens with one attached hydrogen (secondary N) is 1. The van der Waals surface area contributed by atoms with Crippen LogP contribution < -0.4 is 5.32 Å². The van der Waals surface area contributed by atoms with E-state index >= 15 is 0 Å². The molecule has 0 aromatic heterocycles. The quantitative estimate of drug-likeness (QED) is 0.722. The Kier molecular flexibility index (Phi) is 6.74. The number of nitrogens with zero attached hydrogens (tertiary/aromatic N) is 1. The zero-order valence-corrected chi connectivity index (χ0v) is 14.4. The molecule has 1 aromatic rings. The summed E-state index contributed by atoms with van der Waals surface area (Å²) in [6, 6.07) is 7.71. The van der Waals surface area contributed by atoms with Gasteiger partial charge in [-0.25, -0.2) is 4.79 Å². The second-order valence-electron chi connectivity index (χ2n) is 6.03. The van der Waals surface area contributed by atoms with Gasteiger partial charge in [-0.1, -0.05) is 6.92 Å². The predicted molar refractivity (Wildman–Crippen MR) is 93.9 cm³/mol. The van der Waals surface area contributed by atoms with Gasteiger partial charge in [0.15, 0.2) is 0 Å². The van der Waals surface area contributed by atoms with Crippen molar-refractivity contribution in [2.45, 2.75) is 43.1 Å². The normalized spacial score (nSPS) is 21.8. The van der Waals surface area contributed by atoms with E-state index < -0.39 is 5.60 Å². The van der Waals surface area contributed by atoms with Gasteiger partial charge >= 0.3 is 6.03 Å². The smallest absolute Gasteiger partial charge is 0.321 e. The number of hydrogen-bond donors (Lipinski definition) is 3. The fourth-order valence-corrected chi connectivity index (χ4v) is 3.37.